The van der Waals surface area contributed by atoms with Crippen molar-refractivity contribution >= 4 is 11.6 Å². The normalized spacial score (nSPS) is 11.3. The summed E-state index contributed by atoms with van der Waals surface area (Å²) in [6, 6.07) is 18.4. The fourth-order valence-corrected chi connectivity index (χ4v) is 3.68. The van der Waals surface area contributed by atoms with Crippen molar-refractivity contribution in [2.45, 2.75) is 84.0 Å². The first-order valence-corrected chi connectivity index (χ1v) is 12.8. The standard InChI is InChI=1S/C30H42N2O/c1-2-3-4-5-6-7-8-9-10-11-12-13-14-15-19-22-30(33)32-31-29-25-23-28(24-26-29)27-20-17-16-18-21-27/h6-7,9-10,16-18,20-21,23-26,31H,2-5,8,11-15,19,22H2,1H3,(H,32,33). The van der Waals surface area contributed by atoms with Gasteiger partial charge in [0.2, 0.25) is 5.91 Å². The summed E-state index contributed by atoms with van der Waals surface area (Å²) in [5, 5.41) is 0. The molecular weight excluding hydrogens is 404 g/mol. The summed E-state index contributed by atoms with van der Waals surface area (Å²) in [7, 11) is 0. The summed E-state index contributed by atoms with van der Waals surface area (Å²) in [4.78, 5) is 12.1. The van der Waals surface area contributed by atoms with Crippen molar-refractivity contribution in [3.63, 3.8) is 0 Å². The highest BCUT2D eigenvalue weighted by Crippen LogP contribution is 2.20. The highest BCUT2D eigenvalue weighted by atomic mass is 16.2. The molecule has 0 atom stereocenters. The van der Waals surface area contributed by atoms with Crippen molar-refractivity contribution in [3.05, 3.63) is 78.9 Å². The van der Waals surface area contributed by atoms with Crippen LogP contribution in [0.1, 0.15) is 84.0 Å². The molecule has 0 spiro atoms. The number of allylic oxidation sites excluding steroid dienone is 4. The van der Waals surface area contributed by atoms with Gasteiger partial charge < -0.3 is 0 Å². The van der Waals surface area contributed by atoms with Gasteiger partial charge in [-0.25, -0.2) is 0 Å². The lowest BCUT2D eigenvalue weighted by Crippen LogP contribution is -2.28. The van der Waals surface area contributed by atoms with Crippen LogP contribution in [0.5, 0.6) is 0 Å². The molecule has 0 heterocycles. The van der Waals surface area contributed by atoms with Gasteiger partial charge in [-0.15, -0.1) is 0 Å². The van der Waals surface area contributed by atoms with E-state index in [2.05, 4.69) is 66.3 Å². The minimum atomic E-state index is 0.0489. The van der Waals surface area contributed by atoms with Crippen LogP contribution in [0.4, 0.5) is 5.69 Å². The average molecular weight is 447 g/mol. The van der Waals surface area contributed by atoms with Crippen LogP contribution in [-0.2, 0) is 4.79 Å². The predicted molar refractivity (Wildman–Crippen MR) is 143 cm³/mol. The van der Waals surface area contributed by atoms with Crippen LogP contribution >= 0.6 is 0 Å². The Kier molecular flexibility index (Phi) is 14.2. The molecule has 1 amide bonds. The number of hydrogen-bond donors (Lipinski definition) is 2. The number of rotatable bonds is 17. The zero-order valence-electron chi connectivity index (χ0n) is 20.4. The molecule has 0 radical (unpaired) electrons. The van der Waals surface area contributed by atoms with Crippen LogP contribution in [0.25, 0.3) is 11.1 Å². The van der Waals surface area contributed by atoms with E-state index >= 15 is 0 Å². The van der Waals surface area contributed by atoms with E-state index in [1.54, 1.807) is 0 Å². The van der Waals surface area contributed by atoms with E-state index in [0.29, 0.717) is 6.42 Å². The van der Waals surface area contributed by atoms with E-state index in [9.17, 15) is 4.79 Å². The first kappa shape index (κ1) is 26.4. The molecule has 2 aromatic rings. The van der Waals surface area contributed by atoms with Gasteiger partial charge in [0.25, 0.3) is 0 Å². The molecule has 0 aliphatic carbocycles. The predicted octanol–water partition coefficient (Wildman–Crippen LogP) is 8.61. The third-order valence-corrected chi connectivity index (χ3v) is 5.69. The fourth-order valence-electron chi connectivity index (χ4n) is 3.68. The Balaban J connectivity index is 1.44. The summed E-state index contributed by atoms with van der Waals surface area (Å²) in [6.07, 6.45) is 22.9. The van der Waals surface area contributed by atoms with Crippen LogP contribution in [0.15, 0.2) is 78.9 Å². The van der Waals surface area contributed by atoms with E-state index in [0.717, 1.165) is 36.9 Å². The van der Waals surface area contributed by atoms with Crippen LogP contribution in [-0.4, -0.2) is 5.91 Å². The fraction of sp³-hybridized carbons (Fsp3) is 0.433. The number of benzene rings is 2. The van der Waals surface area contributed by atoms with Crippen molar-refractivity contribution < 1.29 is 4.79 Å². The van der Waals surface area contributed by atoms with Gasteiger partial charge in [0.05, 0.1) is 5.69 Å². The van der Waals surface area contributed by atoms with Gasteiger partial charge in [0, 0.05) is 6.42 Å². The zero-order chi connectivity index (χ0) is 23.4. The molecule has 178 valence electrons. The minimum Gasteiger partial charge on any atom is -0.299 e. The molecule has 2 N–H and O–H groups in total. The van der Waals surface area contributed by atoms with E-state index in [-0.39, 0.29) is 5.91 Å². The molecule has 2 aromatic carbocycles. The van der Waals surface area contributed by atoms with E-state index < -0.39 is 0 Å². The lowest BCUT2D eigenvalue weighted by atomic mass is 10.1. The van der Waals surface area contributed by atoms with Gasteiger partial charge in [0.1, 0.15) is 0 Å². The molecule has 0 fully saturated rings. The van der Waals surface area contributed by atoms with Crippen LogP contribution < -0.4 is 10.9 Å². The average Bonchev–Trinajstić information content (AvgIpc) is 2.86. The number of carbonyl (C=O) groups excluding carboxylic acids is 1. The van der Waals surface area contributed by atoms with Crippen LogP contribution in [0, 0.1) is 0 Å². The maximum Gasteiger partial charge on any atom is 0.238 e. The van der Waals surface area contributed by atoms with Gasteiger partial charge in [-0.05, 0) is 61.8 Å². The third kappa shape index (κ3) is 12.7. The summed E-state index contributed by atoms with van der Waals surface area (Å²) < 4.78 is 0. The molecule has 3 nitrogen and oxygen atoms in total. The van der Waals surface area contributed by atoms with E-state index in [1.807, 2.05) is 30.3 Å². The number of hydrogen-bond acceptors (Lipinski definition) is 2. The van der Waals surface area contributed by atoms with Gasteiger partial charge in [-0.2, -0.15) is 0 Å². The van der Waals surface area contributed by atoms with Gasteiger partial charge in [-0.1, -0.05) is 106 Å². The van der Waals surface area contributed by atoms with Crippen molar-refractivity contribution in [3.8, 4) is 11.1 Å². The number of amides is 1. The molecule has 3 heteroatoms. The second kappa shape index (κ2) is 17.7. The largest absolute Gasteiger partial charge is 0.299 e. The molecular formula is C30H42N2O. The number of nitrogens with one attached hydrogen (secondary N) is 2. The van der Waals surface area contributed by atoms with Crippen molar-refractivity contribution in [1.29, 1.82) is 0 Å². The molecule has 0 saturated carbocycles. The molecule has 0 aliphatic rings. The first-order chi connectivity index (χ1) is 16.3. The van der Waals surface area contributed by atoms with Crippen LogP contribution in [0.3, 0.4) is 0 Å². The highest BCUT2D eigenvalue weighted by Gasteiger charge is 2.02. The third-order valence-electron chi connectivity index (χ3n) is 5.69. The number of unbranched alkanes of at least 4 members (excludes halogenated alkanes) is 8. The smallest absolute Gasteiger partial charge is 0.238 e. The Morgan fingerprint density at radius 1 is 0.697 bits per heavy atom. The number of carbonyl (C=O) groups is 1. The molecule has 2 rings (SSSR count). The van der Waals surface area contributed by atoms with Gasteiger partial charge >= 0.3 is 0 Å². The Bertz CT molecular complexity index is 809. The molecule has 0 saturated heterocycles. The summed E-state index contributed by atoms with van der Waals surface area (Å²) >= 11 is 0. The maximum atomic E-state index is 12.1. The second-order valence-corrected chi connectivity index (χ2v) is 8.60. The van der Waals surface area contributed by atoms with E-state index in [1.165, 1.54) is 50.5 Å². The Morgan fingerprint density at radius 3 is 2.00 bits per heavy atom. The topological polar surface area (TPSA) is 41.1 Å². The second-order valence-electron chi connectivity index (χ2n) is 8.60. The van der Waals surface area contributed by atoms with E-state index in [4.69, 9.17) is 0 Å². The summed E-state index contributed by atoms with van der Waals surface area (Å²) in [6.45, 7) is 2.25. The highest BCUT2D eigenvalue weighted by molar-refractivity contribution is 5.77. The number of hydrazine groups is 1. The zero-order valence-corrected chi connectivity index (χ0v) is 20.4. The summed E-state index contributed by atoms with van der Waals surface area (Å²) in [5.41, 5.74) is 9.06. The van der Waals surface area contributed by atoms with Gasteiger partial charge in [0.15, 0.2) is 0 Å². The van der Waals surface area contributed by atoms with Crippen molar-refractivity contribution in [2.75, 3.05) is 5.43 Å². The minimum absolute atomic E-state index is 0.0489. The Morgan fingerprint density at radius 2 is 1.30 bits per heavy atom. The Hall–Kier alpha value is -2.81. The molecule has 0 bridgehead atoms. The lowest BCUT2D eigenvalue weighted by molar-refractivity contribution is -0.120. The molecule has 0 aliphatic heterocycles. The molecule has 0 aromatic heterocycles. The SMILES string of the molecule is CCCCCC=CCC=CCCCCCCCC(=O)NNc1ccc(-c2ccccc2)cc1. The molecule has 0 unspecified atom stereocenters. The van der Waals surface area contributed by atoms with Crippen molar-refractivity contribution in [2.24, 2.45) is 0 Å². The Labute approximate surface area is 201 Å². The molecule has 33 heavy (non-hydrogen) atoms. The maximum absolute atomic E-state index is 12.1. The van der Waals surface area contributed by atoms with Crippen LogP contribution in [0.2, 0.25) is 0 Å². The van der Waals surface area contributed by atoms with Crippen molar-refractivity contribution in [1.82, 2.24) is 5.43 Å². The monoisotopic (exact) mass is 446 g/mol. The summed E-state index contributed by atoms with van der Waals surface area (Å²) in [5.74, 6) is 0.0489. The lowest BCUT2D eigenvalue weighted by Gasteiger charge is -2.09. The quantitative estimate of drug-likeness (QED) is 0.145. The number of anilines is 1. The van der Waals surface area contributed by atoms with Gasteiger partial charge in [-0.3, -0.25) is 15.6 Å². The first-order valence-electron chi connectivity index (χ1n) is 12.8.